The molecule has 1 aliphatic carbocycles. The number of nitrogens with two attached hydrogens (primary N) is 1. The van der Waals surface area contributed by atoms with Crippen molar-refractivity contribution in [2.24, 2.45) is 10.7 Å². The van der Waals surface area contributed by atoms with Crippen LogP contribution in [0.5, 0.6) is 0 Å². The first-order valence-corrected chi connectivity index (χ1v) is 5.94. The number of hydrogen-bond acceptors (Lipinski definition) is 3. The lowest BCUT2D eigenvalue weighted by Gasteiger charge is -2.13. The molecular formula is C12H20IN5. The van der Waals surface area contributed by atoms with Crippen molar-refractivity contribution in [1.82, 2.24) is 9.88 Å². The number of aliphatic imine (C=N–C) groups is 1. The van der Waals surface area contributed by atoms with E-state index in [1.165, 1.54) is 12.8 Å². The van der Waals surface area contributed by atoms with Gasteiger partial charge in [0.15, 0.2) is 5.96 Å². The van der Waals surface area contributed by atoms with E-state index in [4.69, 9.17) is 5.73 Å². The molecule has 0 spiro atoms. The Bertz CT molecular complexity index is 377. The summed E-state index contributed by atoms with van der Waals surface area (Å²) in [5, 5.41) is 2.96. The molecule has 5 nitrogen and oxygen atoms in total. The normalized spacial score (nSPS) is 15.3. The molecule has 18 heavy (non-hydrogen) atoms. The topological polar surface area (TPSA) is 66.5 Å². The van der Waals surface area contributed by atoms with Crippen LogP contribution >= 0.6 is 24.0 Å². The fourth-order valence-electron chi connectivity index (χ4n) is 1.63. The monoisotopic (exact) mass is 361 g/mol. The van der Waals surface area contributed by atoms with Gasteiger partial charge in [0, 0.05) is 18.8 Å². The van der Waals surface area contributed by atoms with Crippen molar-refractivity contribution >= 4 is 35.8 Å². The summed E-state index contributed by atoms with van der Waals surface area (Å²) in [5.41, 5.74) is 5.76. The summed E-state index contributed by atoms with van der Waals surface area (Å²) in [6, 6.07) is 6.40. The highest BCUT2D eigenvalue weighted by Gasteiger charge is 2.25. The van der Waals surface area contributed by atoms with Crippen molar-refractivity contribution in [2.75, 3.05) is 25.5 Å². The minimum Gasteiger partial charge on any atom is -0.370 e. The van der Waals surface area contributed by atoms with E-state index in [-0.39, 0.29) is 24.0 Å². The lowest BCUT2D eigenvalue weighted by molar-refractivity contribution is 0.334. The van der Waals surface area contributed by atoms with Gasteiger partial charge in [0.2, 0.25) is 0 Å². The minimum atomic E-state index is 0. The number of hydrogen-bond donors (Lipinski definition) is 2. The number of likely N-dealkylation sites (N-methyl/N-ethyl adjacent to an activating group) is 1. The number of guanidine groups is 1. The van der Waals surface area contributed by atoms with E-state index in [9.17, 15) is 0 Å². The smallest absolute Gasteiger partial charge is 0.194 e. The Hall–Kier alpha value is -0.890. The maximum absolute atomic E-state index is 5.76. The molecule has 0 saturated heterocycles. The molecule has 1 fully saturated rings. The molecule has 1 saturated carbocycles. The van der Waals surface area contributed by atoms with Gasteiger partial charge in [-0.3, -0.25) is 4.99 Å². The van der Waals surface area contributed by atoms with Crippen LogP contribution in [0, 0.1) is 0 Å². The van der Waals surface area contributed by atoms with E-state index < -0.39 is 0 Å². The zero-order valence-electron chi connectivity index (χ0n) is 10.5. The highest BCUT2D eigenvalue weighted by molar-refractivity contribution is 14.0. The predicted octanol–water partition coefficient (Wildman–Crippen LogP) is 1.52. The van der Waals surface area contributed by atoms with Crippen LogP contribution in [0.1, 0.15) is 12.8 Å². The first-order valence-electron chi connectivity index (χ1n) is 5.94. The summed E-state index contributed by atoms with van der Waals surface area (Å²) in [5.74, 6) is 1.15. The van der Waals surface area contributed by atoms with Crippen molar-refractivity contribution < 1.29 is 0 Å². The summed E-state index contributed by atoms with van der Waals surface area (Å²) < 4.78 is 0. The van der Waals surface area contributed by atoms with Crippen molar-refractivity contribution in [2.45, 2.75) is 18.9 Å². The molecule has 2 rings (SSSR count). The average Bonchev–Trinajstić information content (AvgIpc) is 3.14. The molecule has 0 aromatic carbocycles. The molecule has 0 atom stereocenters. The molecule has 100 valence electrons. The van der Waals surface area contributed by atoms with E-state index in [0.29, 0.717) is 5.96 Å². The van der Waals surface area contributed by atoms with E-state index >= 15 is 0 Å². The van der Waals surface area contributed by atoms with Gasteiger partial charge in [0.05, 0.1) is 6.54 Å². The molecule has 1 heterocycles. The van der Waals surface area contributed by atoms with Crippen molar-refractivity contribution in [3.8, 4) is 0 Å². The van der Waals surface area contributed by atoms with Gasteiger partial charge in [-0.15, -0.1) is 24.0 Å². The second-order valence-electron chi connectivity index (χ2n) is 4.32. The third kappa shape index (κ3) is 5.18. The standard InChI is InChI=1S/C12H19N5.HI/c1-17(10-5-6-10)9-8-15-12(13)16-11-4-2-3-7-14-11;/h2-4,7,10H,5-6,8-9H2,1H3,(H3,13,14,15,16);1H. The number of halogens is 1. The van der Waals surface area contributed by atoms with E-state index in [2.05, 4.69) is 27.2 Å². The number of nitrogens with one attached hydrogen (secondary N) is 1. The van der Waals surface area contributed by atoms with Gasteiger partial charge in [0.1, 0.15) is 5.82 Å². The number of anilines is 1. The fraction of sp³-hybridized carbons (Fsp3) is 0.500. The first-order chi connectivity index (χ1) is 8.25. The Balaban J connectivity index is 0.00000162. The summed E-state index contributed by atoms with van der Waals surface area (Å²) in [4.78, 5) is 10.7. The predicted molar refractivity (Wildman–Crippen MR) is 85.4 cm³/mol. The van der Waals surface area contributed by atoms with Crippen LogP contribution in [0.2, 0.25) is 0 Å². The highest BCUT2D eigenvalue weighted by atomic mass is 127. The first kappa shape index (κ1) is 15.2. The van der Waals surface area contributed by atoms with Crippen LogP contribution in [0.3, 0.4) is 0 Å². The molecular weight excluding hydrogens is 341 g/mol. The lowest BCUT2D eigenvalue weighted by atomic mass is 10.5. The van der Waals surface area contributed by atoms with Crippen molar-refractivity contribution in [3.05, 3.63) is 24.4 Å². The van der Waals surface area contributed by atoms with Gasteiger partial charge in [-0.1, -0.05) is 6.07 Å². The molecule has 0 unspecified atom stereocenters. The average molecular weight is 361 g/mol. The molecule has 1 aromatic rings. The SMILES string of the molecule is CN(CCN=C(N)Nc1ccccn1)C1CC1.I. The van der Waals surface area contributed by atoms with E-state index in [1.54, 1.807) is 6.20 Å². The molecule has 0 bridgehead atoms. The maximum atomic E-state index is 5.76. The van der Waals surface area contributed by atoms with Gasteiger partial charge >= 0.3 is 0 Å². The molecule has 6 heteroatoms. The van der Waals surface area contributed by atoms with Crippen LogP contribution in [-0.2, 0) is 0 Å². The third-order valence-electron chi connectivity index (χ3n) is 2.83. The van der Waals surface area contributed by atoms with Crippen LogP contribution in [0.15, 0.2) is 29.4 Å². The molecule has 0 radical (unpaired) electrons. The van der Waals surface area contributed by atoms with Gasteiger partial charge in [0.25, 0.3) is 0 Å². The summed E-state index contributed by atoms with van der Waals surface area (Å²) >= 11 is 0. The Kier molecular flexibility index (Phi) is 6.34. The van der Waals surface area contributed by atoms with Gasteiger partial charge in [-0.2, -0.15) is 0 Å². The van der Waals surface area contributed by atoms with Crippen molar-refractivity contribution in [1.29, 1.82) is 0 Å². The molecule has 1 aromatic heterocycles. The van der Waals surface area contributed by atoms with E-state index in [0.717, 1.165) is 24.9 Å². The number of aromatic nitrogens is 1. The zero-order valence-corrected chi connectivity index (χ0v) is 12.9. The van der Waals surface area contributed by atoms with Crippen LogP contribution in [0.25, 0.3) is 0 Å². The zero-order chi connectivity index (χ0) is 12.1. The number of pyridine rings is 1. The summed E-state index contributed by atoms with van der Waals surface area (Å²) in [6.45, 7) is 1.67. The van der Waals surface area contributed by atoms with Gasteiger partial charge < -0.3 is 16.0 Å². The minimum absolute atomic E-state index is 0. The Morgan fingerprint density at radius 1 is 1.56 bits per heavy atom. The van der Waals surface area contributed by atoms with Crippen LogP contribution < -0.4 is 11.1 Å². The largest absolute Gasteiger partial charge is 0.370 e. The summed E-state index contributed by atoms with van der Waals surface area (Å²) in [6.07, 6.45) is 4.36. The second kappa shape index (κ2) is 7.52. The lowest BCUT2D eigenvalue weighted by Crippen LogP contribution is -2.27. The Morgan fingerprint density at radius 3 is 2.94 bits per heavy atom. The van der Waals surface area contributed by atoms with Crippen LogP contribution in [0.4, 0.5) is 5.82 Å². The summed E-state index contributed by atoms with van der Waals surface area (Å²) in [7, 11) is 2.13. The van der Waals surface area contributed by atoms with Crippen molar-refractivity contribution in [3.63, 3.8) is 0 Å². The van der Waals surface area contributed by atoms with Crippen LogP contribution in [-0.4, -0.2) is 42.0 Å². The van der Waals surface area contributed by atoms with Gasteiger partial charge in [-0.25, -0.2) is 4.98 Å². The highest BCUT2D eigenvalue weighted by Crippen LogP contribution is 2.24. The fourth-order valence-corrected chi connectivity index (χ4v) is 1.63. The Labute approximate surface area is 125 Å². The molecule has 1 aliphatic rings. The molecule has 0 aliphatic heterocycles. The second-order valence-corrected chi connectivity index (χ2v) is 4.32. The van der Waals surface area contributed by atoms with E-state index in [1.807, 2.05) is 18.2 Å². The Morgan fingerprint density at radius 2 is 2.33 bits per heavy atom. The number of rotatable bonds is 5. The molecule has 3 N–H and O–H groups in total. The maximum Gasteiger partial charge on any atom is 0.194 e. The molecule has 0 amide bonds. The quantitative estimate of drug-likeness (QED) is 0.474. The van der Waals surface area contributed by atoms with Gasteiger partial charge in [-0.05, 0) is 32.0 Å². The number of nitrogens with zero attached hydrogens (tertiary/aromatic N) is 3. The third-order valence-corrected chi connectivity index (χ3v) is 2.83.